The lowest BCUT2D eigenvalue weighted by atomic mass is 9.76. The molecular weight excluding hydrogens is 423 g/mol. The lowest BCUT2D eigenvalue weighted by molar-refractivity contribution is -0.152. The quantitative estimate of drug-likeness (QED) is 0.713. The zero-order chi connectivity index (χ0) is 22.8. The fourth-order valence-electron chi connectivity index (χ4n) is 6.26. The first kappa shape index (κ1) is 22.6. The molecule has 2 atom stereocenters. The molecule has 0 bridgehead atoms. The van der Waals surface area contributed by atoms with Crippen molar-refractivity contribution in [1.82, 2.24) is 10.2 Å². The van der Waals surface area contributed by atoms with E-state index in [0.29, 0.717) is 44.9 Å². The molecule has 1 spiro atoms. The Hall–Kier alpha value is -2.15. The molecule has 2 amide bonds. The molecule has 2 saturated carbocycles. The Morgan fingerprint density at radius 2 is 1.91 bits per heavy atom. The SMILES string of the molecule is O=C1N[C@@]2(CCCN(C(=O)C3CC(F)C3)[C@@H]2COC2CCC(c3ccccc3)CC2)CCO1. The molecular formula is C26H35FN2O4. The van der Waals surface area contributed by atoms with E-state index in [1.54, 1.807) is 0 Å². The summed E-state index contributed by atoms with van der Waals surface area (Å²) in [7, 11) is 0. The Morgan fingerprint density at radius 3 is 2.61 bits per heavy atom. The summed E-state index contributed by atoms with van der Waals surface area (Å²) in [4.78, 5) is 27.3. The molecule has 6 nitrogen and oxygen atoms in total. The van der Waals surface area contributed by atoms with Crippen LogP contribution in [0.3, 0.4) is 0 Å². The van der Waals surface area contributed by atoms with Crippen molar-refractivity contribution in [2.45, 2.75) is 87.6 Å². The second-order valence-electron chi connectivity index (χ2n) is 10.3. The maximum Gasteiger partial charge on any atom is 0.407 e. The molecule has 1 aromatic rings. The van der Waals surface area contributed by atoms with E-state index in [0.717, 1.165) is 38.5 Å². The van der Waals surface area contributed by atoms with Gasteiger partial charge in [-0.05, 0) is 62.8 Å². The van der Waals surface area contributed by atoms with Crippen LogP contribution in [0.4, 0.5) is 9.18 Å². The molecule has 2 heterocycles. The number of alkyl halides is 1. The molecule has 2 aliphatic carbocycles. The number of nitrogens with zero attached hydrogens (tertiary/aromatic N) is 1. The van der Waals surface area contributed by atoms with Crippen LogP contribution in [0.2, 0.25) is 0 Å². The van der Waals surface area contributed by atoms with Gasteiger partial charge < -0.3 is 19.7 Å². The zero-order valence-electron chi connectivity index (χ0n) is 19.2. The highest BCUT2D eigenvalue weighted by Crippen LogP contribution is 2.39. The van der Waals surface area contributed by atoms with Gasteiger partial charge in [0.05, 0.1) is 30.9 Å². The largest absolute Gasteiger partial charge is 0.449 e. The van der Waals surface area contributed by atoms with Crippen LogP contribution in [0.15, 0.2) is 30.3 Å². The van der Waals surface area contributed by atoms with Crippen LogP contribution in [0.25, 0.3) is 0 Å². The third kappa shape index (κ3) is 4.75. The van der Waals surface area contributed by atoms with Crippen LogP contribution in [-0.4, -0.2) is 60.5 Å². The summed E-state index contributed by atoms with van der Waals surface area (Å²) in [6, 6.07) is 10.4. The molecule has 0 aromatic heterocycles. The van der Waals surface area contributed by atoms with Gasteiger partial charge >= 0.3 is 6.09 Å². The summed E-state index contributed by atoms with van der Waals surface area (Å²) in [5.74, 6) is 0.354. The molecule has 4 fully saturated rings. The van der Waals surface area contributed by atoms with E-state index in [2.05, 4.69) is 35.6 Å². The minimum Gasteiger partial charge on any atom is -0.449 e. The van der Waals surface area contributed by atoms with E-state index in [-0.39, 0.29) is 24.0 Å². The summed E-state index contributed by atoms with van der Waals surface area (Å²) in [5.41, 5.74) is 0.874. The van der Waals surface area contributed by atoms with Gasteiger partial charge in [-0.25, -0.2) is 9.18 Å². The van der Waals surface area contributed by atoms with Crippen molar-refractivity contribution < 1.29 is 23.5 Å². The maximum absolute atomic E-state index is 13.5. The van der Waals surface area contributed by atoms with Crippen LogP contribution < -0.4 is 5.32 Å². The lowest BCUT2D eigenvalue weighted by Gasteiger charge is -2.52. The molecule has 0 unspecified atom stereocenters. The summed E-state index contributed by atoms with van der Waals surface area (Å²) in [5, 5.41) is 3.06. The first-order chi connectivity index (χ1) is 16.0. The number of carbonyl (C=O) groups excluding carboxylic acids is 2. The van der Waals surface area contributed by atoms with Crippen molar-refractivity contribution in [3.8, 4) is 0 Å². The average Bonchev–Trinajstić information content (AvgIpc) is 2.81. The first-order valence-electron chi connectivity index (χ1n) is 12.6. The minimum absolute atomic E-state index is 0.0186. The number of alkyl carbamates (subject to hydrolysis) is 1. The van der Waals surface area contributed by atoms with Crippen LogP contribution in [0.1, 0.15) is 69.3 Å². The molecule has 33 heavy (non-hydrogen) atoms. The Labute approximate surface area is 195 Å². The molecule has 4 aliphatic rings. The van der Waals surface area contributed by atoms with E-state index in [1.165, 1.54) is 5.56 Å². The number of amides is 2. The second kappa shape index (κ2) is 9.61. The van der Waals surface area contributed by atoms with Crippen molar-refractivity contribution in [3.63, 3.8) is 0 Å². The number of ether oxygens (including phenoxy) is 2. The Balaban J connectivity index is 1.25. The molecule has 7 heteroatoms. The number of piperidine rings is 1. The number of cyclic esters (lactones) is 1. The number of hydrogen-bond acceptors (Lipinski definition) is 4. The highest BCUT2D eigenvalue weighted by Gasteiger charge is 2.51. The van der Waals surface area contributed by atoms with Gasteiger partial charge in [0.25, 0.3) is 0 Å². The zero-order valence-corrected chi connectivity index (χ0v) is 19.2. The van der Waals surface area contributed by atoms with Crippen molar-refractivity contribution >= 4 is 12.0 Å². The topological polar surface area (TPSA) is 67.9 Å². The number of likely N-dealkylation sites (tertiary alicyclic amines) is 1. The fraction of sp³-hybridized carbons (Fsp3) is 0.692. The number of benzene rings is 1. The number of halogens is 1. The Bertz CT molecular complexity index is 834. The number of hydrogen-bond donors (Lipinski definition) is 1. The Kier molecular flexibility index (Phi) is 6.59. The van der Waals surface area contributed by atoms with E-state index < -0.39 is 17.8 Å². The number of nitrogens with one attached hydrogen (secondary N) is 1. The van der Waals surface area contributed by atoms with Crippen molar-refractivity contribution in [3.05, 3.63) is 35.9 Å². The van der Waals surface area contributed by atoms with Crippen LogP contribution in [0, 0.1) is 5.92 Å². The predicted molar refractivity (Wildman–Crippen MR) is 122 cm³/mol. The lowest BCUT2D eigenvalue weighted by Crippen LogP contribution is -2.70. The van der Waals surface area contributed by atoms with Gasteiger partial charge in [0.15, 0.2) is 0 Å². The van der Waals surface area contributed by atoms with E-state index in [9.17, 15) is 14.0 Å². The number of rotatable bonds is 5. The minimum atomic E-state index is -0.866. The number of carbonyl (C=O) groups is 2. The van der Waals surface area contributed by atoms with Crippen LogP contribution in [0.5, 0.6) is 0 Å². The van der Waals surface area contributed by atoms with E-state index in [1.807, 2.05) is 4.90 Å². The van der Waals surface area contributed by atoms with Gasteiger partial charge in [-0.15, -0.1) is 0 Å². The maximum atomic E-state index is 13.5. The fourth-order valence-corrected chi connectivity index (χ4v) is 6.26. The highest BCUT2D eigenvalue weighted by molar-refractivity contribution is 5.81. The van der Waals surface area contributed by atoms with E-state index in [4.69, 9.17) is 9.47 Å². The van der Waals surface area contributed by atoms with Gasteiger partial charge in [-0.2, -0.15) is 0 Å². The van der Waals surface area contributed by atoms with Crippen LogP contribution in [-0.2, 0) is 14.3 Å². The normalized spacial score (nSPS) is 36.6. The monoisotopic (exact) mass is 458 g/mol. The van der Waals surface area contributed by atoms with Crippen molar-refractivity contribution in [1.29, 1.82) is 0 Å². The van der Waals surface area contributed by atoms with Crippen LogP contribution >= 0.6 is 0 Å². The predicted octanol–water partition coefficient (Wildman–Crippen LogP) is 4.34. The summed E-state index contributed by atoms with van der Waals surface area (Å²) < 4.78 is 25.1. The van der Waals surface area contributed by atoms with Crippen molar-refractivity contribution in [2.24, 2.45) is 5.92 Å². The average molecular weight is 459 g/mol. The molecule has 1 aromatic carbocycles. The molecule has 2 aliphatic heterocycles. The third-order valence-corrected chi connectivity index (χ3v) is 8.32. The molecule has 0 radical (unpaired) electrons. The highest BCUT2D eigenvalue weighted by atomic mass is 19.1. The van der Waals surface area contributed by atoms with Gasteiger partial charge in [-0.3, -0.25) is 4.79 Å². The van der Waals surface area contributed by atoms with Gasteiger partial charge in [0.1, 0.15) is 6.17 Å². The Morgan fingerprint density at radius 1 is 1.15 bits per heavy atom. The standard InChI is InChI=1S/C26H35FN2O4/c27-21-15-20(16-21)24(30)29-13-4-11-26(12-14-32-25(31)28-26)23(29)17-33-22-9-7-19(8-10-22)18-5-2-1-3-6-18/h1-3,5-6,19-23H,4,7-17H2,(H,28,31)/t19?,20?,21?,22?,23-,26+/m1/s1. The smallest absolute Gasteiger partial charge is 0.407 e. The second-order valence-corrected chi connectivity index (χ2v) is 10.3. The molecule has 5 rings (SSSR count). The van der Waals surface area contributed by atoms with Gasteiger partial charge in [-0.1, -0.05) is 30.3 Å². The summed E-state index contributed by atoms with van der Waals surface area (Å²) in [6.07, 6.45) is 5.96. The molecule has 1 N–H and O–H groups in total. The van der Waals surface area contributed by atoms with E-state index >= 15 is 0 Å². The third-order valence-electron chi connectivity index (χ3n) is 8.32. The summed E-state index contributed by atoms with van der Waals surface area (Å²) in [6.45, 7) is 1.39. The molecule has 180 valence electrons. The van der Waals surface area contributed by atoms with Gasteiger partial charge in [0.2, 0.25) is 5.91 Å². The van der Waals surface area contributed by atoms with Crippen molar-refractivity contribution in [2.75, 3.05) is 19.8 Å². The summed E-state index contributed by atoms with van der Waals surface area (Å²) >= 11 is 0. The van der Waals surface area contributed by atoms with Gasteiger partial charge in [0, 0.05) is 18.9 Å². The first-order valence-corrected chi connectivity index (χ1v) is 12.6. The molecule has 2 saturated heterocycles.